The summed E-state index contributed by atoms with van der Waals surface area (Å²) in [5.74, 6) is 1.02. The molecule has 3 atom stereocenters. The number of hydrogen-bond donors (Lipinski definition) is 0. The molecule has 9 aromatic carbocycles. The summed E-state index contributed by atoms with van der Waals surface area (Å²) in [7, 11) is 0. The van der Waals surface area contributed by atoms with E-state index in [0.717, 1.165) is 36.8 Å². The number of furan rings is 1. The van der Waals surface area contributed by atoms with Crippen LogP contribution in [-0.4, -0.2) is 0 Å². The fourth-order valence-corrected chi connectivity index (χ4v) is 11.0. The SMILES string of the molecule is CC(c1ccc2c(c1)C(C)(C)c1cc(CCC(Cc3ccc4oc5ccccc5c4c3)c3ccccc3)c3ccccc3c1-2)C(Cc1cccc2ccccc12)c1ccccc1. The Labute approximate surface area is 365 Å². The molecule has 1 aliphatic carbocycles. The smallest absolute Gasteiger partial charge is 0.135 e. The van der Waals surface area contributed by atoms with Gasteiger partial charge in [0.2, 0.25) is 0 Å². The van der Waals surface area contributed by atoms with Crippen LogP contribution < -0.4 is 0 Å². The van der Waals surface area contributed by atoms with Crippen LogP contribution in [0.5, 0.6) is 0 Å². The van der Waals surface area contributed by atoms with Crippen LogP contribution in [0.15, 0.2) is 199 Å². The second kappa shape index (κ2) is 15.6. The molecule has 3 unspecified atom stereocenters. The molecule has 1 aliphatic rings. The van der Waals surface area contributed by atoms with Crippen molar-refractivity contribution in [3.8, 4) is 11.1 Å². The number of rotatable bonds is 11. The van der Waals surface area contributed by atoms with Crippen LogP contribution in [0, 0.1) is 0 Å². The third-order valence-electron chi connectivity index (χ3n) is 14.4. The summed E-state index contributed by atoms with van der Waals surface area (Å²) in [6.07, 6.45) is 4.03. The van der Waals surface area contributed by atoms with E-state index in [4.69, 9.17) is 4.42 Å². The Morgan fingerprint density at radius 2 is 1.13 bits per heavy atom. The van der Waals surface area contributed by atoms with Crippen molar-refractivity contribution in [2.24, 2.45) is 0 Å². The molecule has 0 N–H and O–H groups in total. The fraction of sp³-hybridized carbons (Fsp3) is 0.180. The van der Waals surface area contributed by atoms with Gasteiger partial charge in [0.25, 0.3) is 0 Å². The highest BCUT2D eigenvalue weighted by molar-refractivity contribution is 6.05. The van der Waals surface area contributed by atoms with Crippen molar-refractivity contribution in [2.75, 3.05) is 0 Å². The van der Waals surface area contributed by atoms with Crippen molar-refractivity contribution in [1.29, 1.82) is 0 Å². The van der Waals surface area contributed by atoms with Gasteiger partial charge in [-0.05, 0) is 139 Å². The first-order chi connectivity index (χ1) is 30.4. The lowest BCUT2D eigenvalue weighted by atomic mass is 9.76. The maximum Gasteiger partial charge on any atom is 0.135 e. The lowest BCUT2D eigenvalue weighted by Crippen LogP contribution is -2.17. The predicted molar refractivity (Wildman–Crippen MR) is 262 cm³/mol. The Bertz CT molecular complexity index is 3240. The highest BCUT2D eigenvalue weighted by atomic mass is 16.3. The Balaban J connectivity index is 0.931. The number of para-hydroxylation sites is 1. The van der Waals surface area contributed by atoms with Gasteiger partial charge in [-0.15, -0.1) is 0 Å². The normalized spacial score (nSPS) is 14.6. The van der Waals surface area contributed by atoms with Gasteiger partial charge in [-0.3, -0.25) is 0 Å². The Hall–Kier alpha value is -6.70. The standard InChI is InChI=1S/C61H52O/c1-40(54(44-19-8-5-9-20-44)37-47-23-16-22-43-21-10-11-24-49(43)47)45-32-33-53-56(38-45)61(2,3)57-39-48(50-25-12-13-27-52(50)60(53)57)31-30-46(42-17-6-4-7-18-42)35-41-29-34-59-55(36-41)51-26-14-15-28-58(51)62-59/h4-29,32-34,36,38-40,46,54H,30-31,35,37H2,1-3H3. The molecule has 11 rings (SSSR count). The van der Waals surface area contributed by atoms with Gasteiger partial charge < -0.3 is 4.42 Å². The molecule has 0 fully saturated rings. The summed E-state index contributed by atoms with van der Waals surface area (Å²) in [4.78, 5) is 0. The third-order valence-corrected chi connectivity index (χ3v) is 14.4. The molecular weight excluding hydrogens is 749 g/mol. The van der Waals surface area contributed by atoms with Gasteiger partial charge in [-0.1, -0.05) is 197 Å². The minimum absolute atomic E-state index is 0.140. The van der Waals surface area contributed by atoms with E-state index < -0.39 is 0 Å². The van der Waals surface area contributed by atoms with Crippen molar-refractivity contribution in [3.63, 3.8) is 0 Å². The van der Waals surface area contributed by atoms with Gasteiger partial charge in [-0.2, -0.15) is 0 Å². The van der Waals surface area contributed by atoms with Gasteiger partial charge in [-0.25, -0.2) is 0 Å². The van der Waals surface area contributed by atoms with Gasteiger partial charge in [0.1, 0.15) is 11.2 Å². The van der Waals surface area contributed by atoms with Gasteiger partial charge in [0.05, 0.1) is 0 Å². The molecule has 302 valence electrons. The average molecular weight is 801 g/mol. The summed E-state index contributed by atoms with van der Waals surface area (Å²) in [5.41, 5.74) is 15.9. The first-order valence-corrected chi connectivity index (χ1v) is 22.6. The zero-order valence-corrected chi connectivity index (χ0v) is 35.9. The average Bonchev–Trinajstić information content (AvgIpc) is 3.80. The van der Waals surface area contributed by atoms with Crippen LogP contribution in [-0.2, 0) is 24.7 Å². The molecule has 1 heterocycles. The summed E-state index contributed by atoms with van der Waals surface area (Å²) in [6, 6.07) is 72.4. The fourth-order valence-electron chi connectivity index (χ4n) is 11.0. The maximum absolute atomic E-state index is 6.20. The lowest BCUT2D eigenvalue weighted by molar-refractivity contribution is 0.571. The second-order valence-corrected chi connectivity index (χ2v) is 18.4. The van der Waals surface area contributed by atoms with Crippen molar-refractivity contribution in [1.82, 2.24) is 0 Å². The number of hydrogen-bond acceptors (Lipinski definition) is 1. The van der Waals surface area contributed by atoms with E-state index in [1.807, 2.05) is 6.07 Å². The van der Waals surface area contributed by atoms with Crippen molar-refractivity contribution < 1.29 is 4.42 Å². The van der Waals surface area contributed by atoms with Gasteiger partial charge in [0.15, 0.2) is 0 Å². The first kappa shape index (κ1) is 38.2. The predicted octanol–water partition coefficient (Wildman–Crippen LogP) is 16.3. The van der Waals surface area contributed by atoms with Crippen LogP contribution in [0.2, 0.25) is 0 Å². The quantitative estimate of drug-likeness (QED) is 0.127. The molecule has 10 aromatic rings. The van der Waals surface area contributed by atoms with Crippen LogP contribution in [0.1, 0.15) is 89.5 Å². The van der Waals surface area contributed by atoms with Crippen LogP contribution in [0.4, 0.5) is 0 Å². The number of aryl methyl sites for hydroxylation is 1. The minimum Gasteiger partial charge on any atom is -0.456 e. The molecule has 1 nitrogen and oxygen atoms in total. The summed E-state index contributed by atoms with van der Waals surface area (Å²) < 4.78 is 6.20. The molecule has 0 saturated carbocycles. The molecule has 0 saturated heterocycles. The Morgan fingerprint density at radius 3 is 1.94 bits per heavy atom. The number of fused-ring (bicyclic) bond motifs is 9. The zero-order valence-electron chi connectivity index (χ0n) is 35.9. The number of benzene rings is 9. The van der Waals surface area contributed by atoms with E-state index in [9.17, 15) is 0 Å². The van der Waals surface area contributed by atoms with Gasteiger partial charge in [0, 0.05) is 16.2 Å². The first-order valence-electron chi connectivity index (χ1n) is 22.6. The topological polar surface area (TPSA) is 13.1 Å². The van der Waals surface area contributed by atoms with E-state index in [1.165, 1.54) is 88.0 Å². The van der Waals surface area contributed by atoms with E-state index in [2.05, 4.69) is 209 Å². The largest absolute Gasteiger partial charge is 0.456 e. The summed E-state index contributed by atoms with van der Waals surface area (Å²) in [5, 5.41) is 7.81. The molecule has 62 heavy (non-hydrogen) atoms. The molecule has 1 heteroatoms. The molecular formula is C61H52O. The van der Waals surface area contributed by atoms with Crippen LogP contribution in [0.25, 0.3) is 54.6 Å². The molecule has 0 radical (unpaired) electrons. The van der Waals surface area contributed by atoms with Crippen molar-refractivity contribution >= 4 is 43.5 Å². The van der Waals surface area contributed by atoms with Crippen LogP contribution >= 0.6 is 0 Å². The van der Waals surface area contributed by atoms with E-state index >= 15 is 0 Å². The highest BCUT2D eigenvalue weighted by Gasteiger charge is 2.38. The van der Waals surface area contributed by atoms with Crippen molar-refractivity contribution in [2.45, 2.75) is 69.6 Å². The molecule has 0 spiro atoms. The van der Waals surface area contributed by atoms with E-state index in [1.54, 1.807) is 0 Å². The lowest BCUT2D eigenvalue weighted by Gasteiger charge is -2.28. The Morgan fingerprint density at radius 1 is 0.468 bits per heavy atom. The second-order valence-electron chi connectivity index (χ2n) is 18.4. The molecule has 0 bridgehead atoms. The molecule has 0 amide bonds. The highest BCUT2D eigenvalue weighted by Crippen LogP contribution is 2.53. The van der Waals surface area contributed by atoms with E-state index in [-0.39, 0.29) is 5.41 Å². The van der Waals surface area contributed by atoms with Crippen molar-refractivity contribution in [3.05, 3.63) is 239 Å². The summed E-state index contributed by atoms with van der Waals surface area (Å²) in [6.45, 7) is 7.36. The molecule has 1 aromatic heterocycles. The summed E-state index contributed by atoms with van der Waals surface area (Å²) >= 11 is 0. The molecule has 0 aliphatic heterocycles. The maximum atomic E-state index is 6.20. The van der Waals surface area contributed by atoms with E-state index in [0.29, 0.717) is 17.8 Å². The Kier molecular flexibility index (Phi) is 9.65. The van der Waals surface area contributed by atoms with Crippen LogP contribution in [0.3, 0.4) is 0 Å². The zero-order chi connectivity index (χ0) is 41.8. The van der Waals surface area contributed by atoms with Gasteiger partial charge >= 0.3 is 0 Å². The monoisotopic (exact) mass is 800 g/mol. The minimum atomic E-state index is -0.140. The third kappa shape index (κ3) is 6.72.